The van der Waals surface area contributed by atoms with Crippen LogP contribution in [0.15, 0.2) is 18.5 Å². The summed E-state index contributed by atoms with van der Waals surface area (Å²) in [6.07, 6.45) is 2.09. The SMILES string of the molecule is C=C1N(c2c(F)cc(C#N)c3sc(C)nc23)C(=S)N2CCCCN12. The lowest BCUT2D eigenvalue weighted by atomic mass is 10.1. The molecular formula is C16H14FN5S2. The quantitative estimate of drug-likeness (QED) is 0.726. The highest BCUT2D eigenvalue weighted by Crippen LogP contribution is 2.40. The number of hydrogen-bond acceptors (Lipinski definition) is 5. The Bertz CT molecular complexity index is 905. The van der Waals surface area contributed by atoms with Gasteiger partial charge >= 0.3 is 0 Å². The highest BCUT2D eigenvalue weighted by atomic mass is 32.1. The van der Waals surface area contributed by atoms with Crippen LogP contribution < -0.4 is 4.90 Å². The second kappa shape index (κ2) is 5.40. The van der Waals surface area contributed by atoms with Gasteiger partial charge in [0.25, 0.3) is 0 Å². The summed E-state index contributed by atoms with van der Waals surface area (Å²) >= 11 is 6.97. The summed E-state index contributed by atoms with van der Waals surface area (Å²) in [6.45, 7) is 7.56. The smallest absolute Gasteiger partial charge is 0.201 e. The third kappa shape index (κ3) is 2.01. The molecule has 24 heavy (non-hydrogen) atoms. The van der Waals surface area contributed by atoms with Crippen LogP contribution in [0.5, 0.6) is 0 Å². The number of nitrogens with zero attached hydrogens (tertiary/aromatic N) is 5. The number of benzene rings is 1. The maximum absolute atomic E-state index is 14.9. The first-order valence-electron chi connectivity index (χ1n) is 7.60. The maximum atomic E-state index is 14.9. The Morgan fingerprint density at radius 1 is 1.38 bits per heavy atom. The van der Waals surface area contributed by atoms with E-state index in [-0.39, 0.29) is 5.69 Å². The molecule has 1 aromatic heterocycles. The van der Waals surface area contributed by atoms with Gasteiger partial charge in [-0.05, 0) is 38.0 Å². The molecule has 0 atom stereocenters. The largest absolute Gasteiger partial charge is 0.268 e. The molecule has 1 aromatic carbocycles. The number of nitriles is 1. The number of halogens is 1. The lowest BCUT2D eigenvalue weighted by Crippen LogP contribution is -2.42. The first-order valence-corrected chi connectivity index (χ1v) is 8.83. The van der Waals surface area contributed by atoms with Crippen molar-refractivity contribution in [2.75, 3.05) is 18.0 Å². The van der Waals surface area contributed by atoms with Crippen molar-refractivity contribution in [3.8, 4) is 6.07 Å². The molecule has 4 rings (SSSR count). The van der Waals surface area contributed by atoms with E-state index in [1.54, 1.807) is 4.90 Å². The van der Waals surface area contributed by atoms with Crippen molar-refractivity contribution < 1.29 is 4.39 Å². The fraction of sp³-hybridized carbons (Fsp3) is 0.312. The Kier molecular flexibility index (Phi) is 3.44. The summed E-state index contributed by atoms with van der Waals surface area (Å²) in [5.74, 6) is 0.129. The standard InChI is InChI=1S/C16H14FN5S2/c1-9-19-13-14(12(17)7-11(8-18)15(13)24-9)22-10(2)20-5-3-4-6-21(20)16(22)23/h7H,2-6H2,1H3. The molecule has 0 radical (unpaired) electrons. The summed E-state index contributed by atoms with van der Waals surface area (Å²) in [5, 5.41) is 14.5. The Labute approximate surface area is 148 Å². The van der Waals surface area contributed by atoms with Gasteiger partial charge in [0.2, 0.25) is 5.11 Å². The van der Waals surface area contributed by atoms with Crippen LogP contribution in [0.3, 0.4) is 0 Å². The molecule has 0 amide bonds. The van der Waals surface area contributed by atoms with Crippen LogP contribution in [-0.2, 0) is 0 Å². The lowest BCUT2D eigenvalue weighted by molar-refractivity contribution is 0.0757. The Morgan fingerprint density at radius 2 is 2.08 bits per heavy atom. The predicted octanol–water partition coefficient (Wildman–Crippen LogP) is 3.50. The normalized spacial score (nSPS) is 17.6. The minimum absolute atomic E-state index is 0.290. The first kappa shape index (κ1) is 15.3. The van der Waals surface area contributed by atoms with Gasteiger partial charge in [0.1, 0.15) is 23.1 Å². The number of anilines is 1. The van der Waals surface area contributed by atoms with E-state index in [9.17, 15) is 9.65 Å². The van der Waals surface area contributed by atoms with Crippen molar-refractivity contribution in [3.05, 3.63) is 34.9 Å². The van der Waals surface area contributed by atoms with Crippen LogP contribution in [0.4, 0.5) is 10.1 Å². The van der Waals surface area contributed by atoms with Crippen molar-refractivity contribution in [2.24, 2.45) is 0 Å². The second-order valence-electron chi connectivity index (χ2n) is 5.76. The molecule has 2 aliphatic rings. The van der Waals surface area contributed by atoms with E-state index in [1.807, 2.05) is 16.9 Å². The minimum Gasteiger partial charge on any atom is -0.268 e. The van der Waals surface area contributed by atoms with Crippen LogP contribution in [0.25, 0.3) is 10.2 Å². The second-order valence-corrected chi connectivity index (χ2v) is 7.33. The molecule has 0 aliphatic carbocycles. The summed E-state index contributed by atoms with van der Waals surface area (Å²) in [5.41, 5.74) is 1.06. The zero-order valence-corrected chi connectivity index (χ0v) is 14.7. The number of hydrogen-bond donors (Lipinski definition) is 0. The van der Waals surface area contributed by atoms with Gasteiger partial charge < -0.3 is 0 Å². The van der Waals surface area contributed by atoms with Crippen molar-refractivity contribution >= 4 is 44.6 Å². The van der Waals surface area contributed by atoms with Gasteiger partial charge in [0.15, 0.2) is 5.82 Å². The van der Waals surface area contributed by atoms with Gasteiger partial charge in [-0.2, -0.15) is 5.26 Å². The fourth-order valence-corrected chi connectivity index (χ4v) is 4.51. The van der Waals surface area contributed by atoms with Gasteiger partial charge in [0, 0.05) is 13.1 Å². The molecular weight excluding hydrogens is 345 g/mol. The van der Waals surface area contributed by atoms with Crippen LogP contribution in [-0.4, -0.2) is 33.2 Å². The highest BCUT2D eigenvalue weighted by molar-refractivity contribution is 7.80. The van der Waals surface area contributed by atoms with Crippen LogP contribution >= 0.6 is 23.6 Å². The molecule has 8 heteroatoms. The summed E-state index contributed by atoms with van der Waals surface area (Å²) in [6, 6.07) is 3.31. The van der Waals surface area contributed by atoms with E-state index < -0.39 is 5.82 Å². The van der Waals surface area contributed by atoms with Gasteiger partial charge in [-0.15, -0.1) is 11.3 Å². The number of thiocarbonyl (C=S) groups is 1. The predicted molar refractivity (Wildman–Crippen MR) is 95.9 cm³/mol. The lowest BCUT2D eigenvalue weighted by Gasteiger charge is -2.33. The van der Waals surface area contributed by atoms with Crippen LogP contribution in [0.1, 0.15) is 23.4 Å². The fourth-order valence-electron chi connectivity index (χ4n) is 3.24. The average Bonchev–Trinajstić information content (AvgIpc) is 3.07. The number of rotatable bonds is 1. The van der Waals surface area contributed by atoms with Gasteiger partial charge in [-0.3, -0.25) is 14.9 Å². The number of aromatic nitrogens is 1. The zero-order valence-electron chi connectivity index (χ0n) is 13.0. The number of fused-ring (bicyclic) bond motifs is 2. The first-order chi connectivity index (χ1) is 11.5. The molecule has 0 bridgehead atoms. The Balaban J connectivity index is 1.94. The molecule has 5 nitrogen and oxygen atoms in total. The van der Waals surface area contributed by atoms with Crippen molar-refractivity contribution in [1.82, 2.24) is 15.0 Å². The van der Waals surface area contributed by atoms with Crippen molar-refractivity contribution in [1.29, 1.82) is 5.26 Å². The summed E-state index contributed by atoms with van der Waals surface area (Å²) in [4.78, 5) is 6.11. The van der Waals surface area contributed by atoms with Crippen LogP contribution in [0.2, 0.25) is 0 Å². The minimum atomic E-state index is -0.506. The Hall–Kier alpha value is -2.24. The average molecular weight is 359 g/mol. The van der Waals surface area contributed by atoms with E-state index in [1.165, 1.54) is 17.4 Å². The monoisotopic (exact) mass is 359 g/mol. The van der Waals surface area contributed by atoms with Crippen molar-refractivity contribution in [2.45, 2.75) is 19.8 Å². The van der Waals surface area contributed by atoms with Crippen molar-refractivity contribution in [3.63, 3.8) is 0 Å². The molecule has 3 heterocycles. The Morgan fingerprint density at radius 3 is 2.75 bits per heavy atom. The van der Waals surface area contributed by atoms with Gasteiger partial charge in [-0.1, -0.05) is 6.58 Å². The number of aryl methyl sites for hydroxylation is 1. The van der Waals surface area contributed by atoms with E-state index in [0.29, 0.717) is 26.7 Å². The molecule has 0 unspecified atom stereocenters. The molecule has 2 aliphatic heterocycles. The van der Waals surface area contributed by atoms with E-state index in [2.05, 4.69) is 17.6 Å². The number of thiazole rings is 1. The zero-order chi connectivity index (χ0) is 17.0. The van der Waals surface area contributed by atoms with E-state index >= 15 is 0 Å². The molecule has 2 saturated heterocycles. The summed E-state index contributed by atoms with van der Waals surface area (Å²) < 4.78 is 15.6. The highest BCUT2D eigenvalue weighted by Gasteiger charge is 2.40. The van der Waals surface area contributed by atoms with E-state index in [4.69, 9.17) is 12.2 Å². The third-order valence-electron chi connectivity index (χ3n) is 4.29. The molecule has 0 saturated carbocycles. The van der Waals surface area contributed by atoms with E-state index in [0.717, 1.165) is 30.9 Å². The molecule has 2 fully saturated rings. The van der Waals surface area contributed by atoms with Gasteiger partial charge in [-0.25, -0.2) is 9.37 Å². The van der Waals surface area contributed by atoms with Gasteiger partial charge in [0.05, 0.1) is 15.3 Å². The summed E-state index contributed by atoms with van der Waals surface area (Å²) in [7, 11) is 0. The van der Waals surface area contributed by atoms with Crippen LogP contribution in [0, 0.1) is 24.1 Å². The third-order valence-corrected chi connectivity index (χ3v) is 5.69. The molecule has 122 valence electrons. The molecule has 2 aromatic rings. The molecule has 0 spiro atoms. The number of hydrazine groups is 1. The molecule has 0 N–H and O–H groups in total. The maximum Gasteiger partial charge on any atom is 0.201 e. The topological polar surface area (TPSA) is 46.4 Å².